The molecule has 0 aliphatic carbocycles. The van der Waals surface area contributed by atoms with E-state index in [0.29, 0.717) is 13.2 Å². The highest BCUT2D eigenvalue weighted by Gasteiger charge is 2.23. The van der Waals surface area contributed by atoms with Crippen LogP contribution in [-0.2, 0) is 0 Å². The van der Waals surface area contributed by atoms with Crippen LogP contribution in [-0.4, -0.2) is 13.2 Å². The molecular formula is C60H46O2P2. The van der Waals surface area contributed by atoms with E-state index < -0.39 is 15.8 Å². The molecule has 0 bridgehead atoms. The predicted octanol–water partition coefficient (Wildman–Crippen LogP) is 13.1. The molecule has 0 aromatic heterocycles. The standard InChI is InChI=1S/C60H46O2P2/c1-5-19-49(20-6-1)63(50-21-7-2-8-22-50)53-27-15-17-45(39-53)47-31-29-43-33-35-57-59(55(43)41-47)60-56-42-48(32-30-44(56)34-36-58(60)62-38-14-13-37-61-57)46-18-16-28-54(40-46)64(51-23-9-3-10-24-51)52-25-11-4-12-26-52/h1-12,15-36,39-42H,13-14,37-38H2. The van der Waals surface area contributed by atoms with Gasteiger partial charge in [-0.1, -0.05) is 194 Å². The summed E-state index contributed by atoms with van der Waals surface area (Å²) in [5.41, 5.74) is 6.89. The van der Waals surface area contributed by atoms with Gasteiger partial charge in [0.1, 0.15) is 11.5 Å². The van der Waals surface area contributed by atoms with Crippen molar-refractivity contribution in [1.29, 1.82) is 0 Å². The van der Waals surface area contributed by atoms with Crippen LogP contribution in [0.4, 0.5) is 0 Å². The summed E-state index contributed by atoms with van der Waals surface area (Å²) in [7, 11) is -1.50. The fourth-order valence-electron chi connectivity index (χ4n) is 9.13. The number of hydrogen-bond donors (Lipinski definition) is 0. The van der Waals surface area contributed by atoms with Crippen LogP contribution >= 0.6 is 15.8 Å². The maximum Gasteiger partial charge on any atom is 0.127 e. The summed E-state index contributed by atoms with van der Waals surface area (Å²) >= 11 is 0. The molecule has 0 fully saturated rings. The Balaban J connectivity index is 1.07. The third-order valence-corrected chi connectivity index (χ3v) is 17.1. The number of rotatable bonds is 8. The van der Waals surface area contributed by atoms with E-state index >= 15 is 0 Å². The summed E-state index contributed by atoms with van der Waals surface area (Å²) in [6, 6.07) is 84.7. The van der Waals surface area contributed by atoms with Crippen molar-refractivity contribution < 1.29 is 9.47 Å². The summed E-state index contributed by atoms with van der Waals surface area (Å²) in [5.74, 6) is 1.77. The SMILES string of the molecule is c1ccc(P(c2ccccc2)c2cccc(-c3ccc4ccc5c(c4c3)-c3c(ccc4ccc(-c6cccc(P(c7ccccc7)c7ccccc7)c6)cc34)OCCCCO5)c2)cc1. The summed E-state index contributed by atoms with van der Waals surface area (Å²) < 4.78 is 13.5. The Bertz CT molecular complexity index is 2930. The monoisotopic (exact) mass is 860 g/mol. The van der Waals surface area contributed by atoms with Gasteiger partial charge < -0.3 is 9.47 Å². The van der Waals surface area contributed by atoms with Crippen LogP contribution in [0.15, 0.2) is 231 Å². The lowest BCUT2D eigenvalue weighted by Crippen LogP contribution is -2.20. The molecule has 0 saturated carbocycles. The van der Waals surface area contributed by atoms with Crippen molar-refractivity contribution in [3.05, 3.63) is 231 Å². The molecule has 10 aromatic carbocycles. The zero-order chi connectivity index (χ0) is 42.7. The number of fused-ring (bicyclic) bond motifs is 7. The molecule has 4 heteroatoms. The van der Waals surface area contributed by atoms with Crippen LogP contribution < -0.4 is 41.3 Å². The quantitative estimate of drug-likeness (QED) is 0.142. The van der Waals surface area contributed by atoms with Gasteiger partial charge in [0.05, 0.1) is 13.2 Å². The van der Waals surface area contributed by atoms with Gasteiger partial charge in [-0.2, -0.15) is 0 Å². The van der Waals surface area contributed by atoms with Gasteiger partial charge in [0, 0.05) is 11.1 Å². The maximum absolute atomic E-state index is 6.76. The van der Waals surface area contributed by atoms with Gasteiger partial charge in [-0.15, -0.1) is 0 Å². The largest absolute Gasteiger partial charge is 0.493 e. The molecule has 0 atom stereocenters. The Morgan fingerprint density at radius 2 is 0.609 bits per heavy atom. The van der Waals surface area contributed by atoms with Gasteiger partial charge >= 0.3 is 0 Å². The first kappa shape index (κ1) is 40.0. The van der Waals surface area contributed by atoms with Crippen LogP contribution in [0.1, 0.15) is 12.8 Å². The van der Waals surface area contributed by atoms with E-state index in [9.17, 15) is 0 Å². The summed E-state index contributed by atoms with van der Waals surface area (Å²) in [6.07, 6.45) is 1.85. The Hall–Kier alpha value is -6.82. The molecule has 11 rings (SSSR count). The molecule has 0 amide bonds. The molecule has 1 aliphatic rings. The normalized spacial score (nSPS) is 12.7. The molecule has 2 nitrogen and oxygen atoms in total. The Morgan fingerprint density at radius 1 is 0.281 bits per heavy atom. The van der Waals surface area contributed by atoms with Crippen molar-refractivity contribution in [2.24, 2.45) is 0 Å². The highest BCUT2D eigenvalue weighted by atomic mass is 31.1. The van der Waals surface area contributed by atoms with Crippen LogP contribution in [0.5, 0.6) is 11.5 Å². The summed E-state index contributed by atoms with van der Waals surface area (Å²) in [6.45, 7) is 1.27. The first-order chi connectivity index (χ1) is 31.7. The molecule has 308 valence electrons. The van der Waals surface area contributed by atoms with E-state index in [1.165, 1.54) is 54.1 Å². The van der Waals surface area contributed by atoms with Gasteiger partial charge in [0.25, 0.3) is 0 Å². The fraction of sp³-hybridized carbons (Fsp3) is 0.0667. The molecule has 10 aromatic rings. The van der Waals surface area contributed by atoms with Crippen molar-refractivity contribution in [2.75, 3.05) is 13.2 Å². The molecule has 0 unspecified atom stereocenters. The van der Waals surface area contributed by atoms with Gasteiger partial charge in [-0.25, -0.2) is 0 Å². The zero-order valence-electron chi connectivity index (χ0n) is 35.5. The minimum Gasteiger partial charge on any atom is -0.493 e. The molecule has 1 aliphatic heterocycles. The molecule has 0 N–H and O–H groups in total. The van der Waals surface area contributed by atoms with E-state index in [0.717, 1.165) is 57.0 Å². The first-order valence-corrected chi connectivity index (χ1v) is 24.8. The molecule has 0 saturated heterocycles. The van der Waals surface area contributed by atoms with Gasteiger partial charge in [-0.3, -0.25) is 0 Å². The lowest BCUT2D eigenvalue weighted by molar-refractivity contribution is 0.264. The second kappa shape index (κ2) is 18.1. The minimum atomic E-state index is -0.750. The summed E-state index contributed by atoms with van der Waals surface area (Å²) in [4.78, 5) is 0. The second-order valence-electron chi connectivity index (χ2n) is 16.3. The lowest BCUT2D eigenvalue weighted by atomic mass is 9.89. The van der Waals surface area contributed by atoms with Crippen molar-refractivity contribution in [3.63, 3.8) is 0 Å². The summed E-state index contributed by atoms with van der Waals surface area (Å²) in [5, 5.41) is 12.6. The van der Waals surface area contributed by atoms with Crippen LogP contribution in [0.25, 0.3) is 54.9 Å². The minimum absolute atomic E-state index is 0.635. The average molecular weight is 861 g/mol. The van der Waals surface area contributed by atoms with Crippen LogP contribution in [0.3, 0.4) is 0 Å². The fourth-order valence-corrected chi connectivity index (χ4v) is 13.8. The Morgan fingerprint density at radius 3 is 0.984 bits per heavy atom. The van der Waals surface area contributed by atoms with Gasteiger partial charge in [0.15, 0.2) is 0 Å². The number of benzene rings is 10. The number of hydrogen-bond acceptors (Lipinski definition) is 2. The van der Waals surface area contributed by atoms with Crippen molar-refractivity contribution in [3.8, 4) is 44.9 Å². The third kappa shape index (κ3) is 8.01. The van der Waals surface area contributed by atoms with Crippen molar-refractivity contribution in [1.82, 2.24) is 0 Å². The molecule has 1 heterocycles. The van der Waals surface area contributed by atoms with E-state index in [1.807, 2.05) is 0 Å². The lowest BCUT2D eigenvalue weighted by Gasteiger charge is -2.22. The van der Waals surface area contributed by atoms with Gasteiger partial charge in [0.2, 0.25) is 0 Å². The van der Waals surface area contributed by atoms with Crippen LogP contribution in [0, 0.1) is 0 Å². The zero-order valence-corrected chi connectivity index (χ0v) is 37.3. The Kier molecular flexibility index (Phi) is 11.3. The van der Waals surface area contributed by atoms with E-state index in [-0.39, 0.29) is 0 Å². The van der Waals surface area contributed by atoms with E-state index in [1.54, 1.807) is 0 Å². The Labute approximate surface area is 378 Å². The molecule has 0 radical (unpaired) electrons. The van der Waals surface area contributed by atoms with E-state index in [4.69, 9.17) is 9.47 Å². The van der Waals surface area contributed by atoms with Crippen molar-refractivity contribution >= 4 is 69.2 Å². The topological polar surface area (TPSA) is 18.5 Å². The average Bonchev–Trinajstić information content (AvgIpc) is 3.36. The van der Waals surface area contributed by atoms with Gasteiger partial charge in [-0.05, 0) is 141 Å². The highest BCUT2D eigenvalue weighted by molar-refractivity contribution is 7.80. The van der Waals surface area contributed by atoms with Crippen LogP contribution in [0.2, 0.25) is 0 Å². The second-order valence-corrected chi connectivity index (χ2v) is 20.7. The maximum atomic E-state index is 6.76. The highest BCUT2D eigenvalue weighted by Crippen LogP contribution is 2.48. The third-order valence-electron chi connectivity index (χ3n) is 12.2. The molecule has 0 spiro atoms. The van der Waals surface area contributed by atoms with Crippen molar-refractivity contribution in [2.45, 2.75) is 12.8 Å². The first-order valence-electron chi connectivity index (χ1n) is 22.2. The number of ether oxygens (including phenoxy) is 2. The molecule has 64 heavy (non-hydrogen) atoms. The van der Waals surface area contributed by atoms with E-state index in [2.05, 4.69) is 231 Å². The predicted molar refractivity (Wildman–Crippen MR) is 275 cm³/mol. The smallest absolute Gasteiger partial charge is 0.127 e. The molecular weight excluding hydrogens is 815 g/mol.